The van der Waals surface area contributed by atoms with Crippen LogP contribution in [0.3, 0.4) is 0 Å². The number of aromatic nitrogens is 4. The van der Waals surface area contributed by atoms with Crippen LogP contribution in [0.15, 0.2) is 12.4 Å². The van der Waals surface area contributed by atoms with Gasteiger partial charge in [-0.1, -0.05) is 13.8 Å². The number of morpholine rings is 1. The molecule has 28 heavy (non-hydrogen) atoms. The van der Waals surface area contributed by atoms with Crippen LogP contribution < -0.4 is 15.5 Å². The van der Waals surface area contributed by atoms with E-state index in [1.165, 1.54) is 6.20 Å². The molecule has 1 fully saturated rings. The average Bonchev–Trinajstić information content (AvgIpc) is 2.68. The predicted octanol–water partition coefficient (Wildman–Crippen LogP) is 2.41. The fourth-order valence-electron chi connectivity index (χ4n) is 3.85. The zero-order valence-electron chi connectivity index (χ0n) is 16.5. The molecule has 0 spiro atoms. The van der Waals surface area contributed by atoms with Gasteiger partial charge >= 0.3 is 0 Å². The maximum Gasteiger partial charge on any atom is 0.225 e. The SMILES string of the molecule is CNc1nc(NC2CC(C)(C)Cc3nc(N4CCOCC4)ncc32)ncc1F. The van der Waals surface area contributed by atoms with Crippen molar-refractivity contribution in [3.05, 3.63) is 29.5 Å². The number of halogens is 1. The Hall–Kier alpha value is -2.55. The normalized spacial score (nSPS) is 21.1. The first-order valence-electron chi connectivity index (χ1n) is 9.60. The highest BCUT2D eigenvalue weighted by Gasteiger charge is 2.34. The van der Waals surface area contributed by atoms with Crippen molar-refractivity contribution in [1.29, 1.82) is 0 Å². The summed E-state index contributed by atoms with van der Waals surface area (Å²) in [6.45, 7) is 7.47. The Kier molecular flexibility index (Phi) is 5.01. The van der Waals surface area contributed by atoms with Crippen LogP contribution in [-0.2, 0) is 11.2 Å². The van der Waals surface area contributed by atoms with Gasteiger partial charge in [0.05, 0.1) is 31.1 Å². The van der Waals surface area contributed by atoms with Crippen molar-refractivity contribution in [3.63, 3.8) is 0 Å². The second-order valence-corrected chi connectivity index (χ2v) is 8.05. The van der Waals surface area contributed by atoms with Gasteiger partial charge in [-0.2, -0.15) is 4.98 Å². The van der Waals surface area contributed by atoms with E-state index < -0.39 is 5.82 Å². The highest BCUT2D eigenvalue weighted by atomic mass is 19.1. The van der Waals surface area contributed by atoms with Crippen LogP contribution >= 0.6 is 0 Å². The minimum Gasteiger partial charge on any atom is -0.378 e. The Morgan fingerprint density at radius 1 is 1.18 bits per heavy atom. The summed E-state index contributed by atoms with van der Waals surface area (Å²) in [5.74, 6) is 0.841. The molecule has 2 N–H and O–H groups in total. The molecule has 0 bridgehead atoms. The number of nitrogens with zero attached hydrogens (tertiary/aromatic N) is 5. The highest BCUT2D eigenvalue weighted by Crippen LogP contribution is 2.41. The van der Waals surface area contributed by atoms with E-state index in [2.05, 4.69) is 44.3 Å². The van der Waals surface area contributed by atoms with Crippen molar-refractivity contribution in [2.75, 3.05) is 48.9 Å². The van der Waals surface area contributed by atoms with Crippen LogP contribution in [0.25, 0.3) is 0 Å². The highest BCUT2D eigenvalue weighted by molar-refractivity contribution is 5.44. The van der Waals surface area contributed by atoms with Crippen molar-refractivity contribution >= 4 is 17.7 Å². The standard InChI is InChI=1S/C19H26FN7O/c1-19(2)8-14(24-17-22-11-13(20)16(21-3)26-17)12-10-23-18(25-15(12)9-19)27-4-6-28-7-5-27/h10-11,14H,4-9H2,1-3H3,(H2,21,22,24,26). The minimum absolute atomic E-state index is 0.0346. The van der Waals surface area contributed by atoms with E-state index in [-0.39, 0.29) is 17.3 Å². The largest absolute Gasteiger partial charge is 0.378 e. The topological polar surface area (TPSA) is 88.1 Å². The van der Waals surface area contributed by atoms with Crippen LogP contribution in [-0.4, -0.2) is 53.3 Å². The second kappa shape index (κ2) is 7.46. The second-order valence-electron chi connectivity index (χ2n) is 8.05. The molecule has 4 rings (SSSR count). The molecule has 1 saturated heterocycles. The fraction of sp³-hybridized carbons (Fsp3) is 0.579. The molecule has 3 heterocycles. The minimum atomic E-state index is -0.476. The van der Waals surface area contributed by atoms with Gasteiger partial charge in [-0.05, 0) is 18.3 Å². The van der Waals surface area contributed by atoms with Crippen LogP contribution in [0, 0.1) is 11.2 Å². The molecule has 0 saturated carbocycles. The van der Waals surface area contributed by atoms with E-state index in [9.17, 15) is 4.39 Å². The molecule has 8 nitrogen and oxygen atoms in total. The summed E-state index contributed by atoms with van der Waals surface area (Å²) in [6.07, 6.45) is 4.85. The van der Waals surface area contributed by atoms with Gasteiger partial charge < -0.3 is 20.3 Å². The summed E-state index contributed by atoms with van der Waals surface area (Å²) in [5, 5.41) is 6.10. The van der Waals surface area contributed by atoms with E-state index in [0.29, 0.717) is 19.2 Å². The summed E-state index contributed by atoms with van der Waals surface area (Å²) in [5.41, 5.74) is 2.16. The number of anilines is 3. The number of nitrogens with one attached hydrogen (secondary N) is 2. The van der Waals surface area contributed by atoms with Gasteiger partial charge in [0.1, 0.15) is 0 Å². The molecule has 1 aliphatic carbocycles. The molecule has 0 amide bonds. The van der Waals surface area contributed by atoms with Gasteiger partial charge in [0, 0.05) is 31.9 Å². The fourth-order valence-corrected chi connectivity index (χ4v) is 3.85. The average molecular weight is 387 g/mol. The zero-order chi connectivity index (χ0) is 19.7. The summed E-state index contributed by atoms with van der Waals surface area (Å²) >= 11 is 0. The molecular weight excluding hydrogens is 361 g/mol. The molecule has 0 radical (unpaired) electrons. The molecule has 150 valence electrons. The van der Waals surface area contributed by atoms with E-state index in [4.69, 9.17) is 9.72 Å². The van der Waals surface area contributed by atoms with Gasteiger partial charge in [-0.3, -0.25) is 0 Å². The summed E-state index contributed by atoms with van der Waals surface area (Å²) in [4.78, 5) is 20.0. The Balaban J connectivity index is 1.62. The van der Waals surface area contributed by atoms with Crippen LogP contribution in [0.1, 0.15) is 37.6 Å². The van der Waals surface area contributed by atoms with Gasteiger partial charge in [0.2, 0.25) is 11.9 Å². The lowest BCUT2D eigenvalue weighted by Crippen LogP contribution is -2.38. The van der Waals surface area contributed by atoms with E-state index >= 15 is 0 Å². The van der Waals surface area contributed by atoms with Gasteiger partial charge in [-0.15, -0.1) is 0 Å². The van der Waals surface area contributed by atoms with Crippen LogP contribution in [0.4, 0.5) is 22.1 Å². The maximum absolute atomic E-state index is 13.7. The third-order valence-corrected chi connectivity index (χ3v) is 5.24. The quantitative estimate of drug-likeness (QED) is 0.827. The number of hydrogen-bond donors (Lipinski definition) is 2. The summed E-state index contributed by atoms with van der Waals surface area (Å²) in [7, 11) is 1.63. The molecule has 2 aromatic heterocycles. The third-order valence-electron chi connectivity index (χ3n) is 5.24. The maximum atomic E-state index is 13.7. The Morgan fingerprint density at radius 3 is 2.71 bits per heavy atom. The van der Waals surface area contributed by atoms with Crippen molar-refractivity contribution in [2.45, 2.75) is 32.7 Å². The Bertz CT molecular complexity index is 854. The van der Waals surface area contributed by atoms with Crippen molar-refractivity contribution in [1.82, 2.24) is 19.9 Å². The van der Waals surface area contributed by atoms with E-state index in [1.54, 1.807) is 7.05 Å². The molecule has 0 aromatic carbocycles. The molecule has 9 heteroatoms. The van der Waals surface area contributed by atoms with E-state index in [1.807, 2.05) is 6.20 Å². The van der Waals surface area contributed by atoms with Gasteiger partial charge in [-0.25, -0.2) is 19.3 Å². The number of rotatable bonds is 4. The number of ether oxygens (including phenoxy) is 1. The first-order chi connectivity index (χ1) is 13.4. The number of fused-ring (bicyclic) bond motifs is 1. The molecule has 1 atom stereocenters. The lowest BCUT2D eigenvalue weighted by molar-refractivity contribution is 0.122. The lowest BCUT2D eigenvalue weighted by Gasteiger charge is -2.37. The molecule has 2 aromatic rings. The molecular formula is C19H26FN7O. The zero-order valence-corrected chi connectivity index (χ0v) is 16.5. The van der Waals surface area contributed by atoms with E-state index in [0.717, 1.165) is 43.1 Å². The smallest absolute Gasteiger partial charge is 0.225 e. The van der Waals surface area contributed by atoms with Crippen molar-refractivity contribution in [3.8, 4) is 0 Å². The van der Waals surface area contributed by atoms with Crippen molar-refractivity contribution in [2.24, 2.45) is 5.41 Å². The Morgan fingerprint density at radius 2 is 1.96 bits per heavy atom. The molecule has 1 aliphatic heterocycles. The monoisotopic (exact) mass is 387 g/mol. The summed E-state index contributed by atoms with van der Waals surface area (Å²) in [6, 6.07) is -0.0346. The van der Waals surface area contributed by atoms with Gasteiger partial charge in [0.25, 0.3) is 0 Å². The van der Waals surface area contributed by atoms with Crippen LogP contribution in [0.5, 0.6) is 0 Å². The third kappa shape index (κ3) is 3.84. The number of hydrogen-bond acceptors (Lipinski definition) is 8. The van der Waals surface area contributed by atoms with Crippen molar-refractivity contribution < 1.29 is 9.13 Å². The van der Waals surface area contributed by atoms with Crippen LogP contribution in [0.2, 0.25) is 0 Å². The first-order valence-corrected chi connectivity index (χ1v) is 9.60. The molecule has 1 unspecified atom stereocenters. The van der Waals surface area contributed by atoms with Gasteiger partial charge in [0.15, 0.2) is 11.6 Å². The molecule has 2 aliphatic rings. The summed E-state index contributed by atoms with van der Waals surface area (Å²) < 4.78 is 19.1. The lowest BCUT2D eigenvalue weighted by atomic mass is 9.74. The predicted molar refractivity (Wildman–Crippen MR) is 105 cm³/mol. The first kappa shape index (κ1) is 18.8. The Labute approximate surface area is 164 Å².